The Hall–Kier alpha value is 0.1000. The summed E-state index contributed by atoms with van der Waals surface area (Å²) < 4.78 is 7.22. The molecule has 1 unspecified atom stereocenters. The van der Waals surface area contributed by atoms with Crippen LogP contribution in [0.3, 0.4) is 0 Å². The zero-order valence-corrected chi connectivity index (χ0v) is 15.4. The second kappa shape index (κ2) is 6.47. The second-order valence-electron chi connectivity index (χ2n) is 6.71. The summed E-state index contributed by atoms with van der Waals surface area (Å²) in [6, 6.07) is 2.61. The van der Waals surface area contributed by atoms with Crippen LogP contribution in [0.25, 0.3) is 0 Å². The number of thiophene rings is 1. The minimum Gasteiger partial charge on any atom is -0.377 e. The van der Waals surface area contributed by atoms with E-state index in [1.807, 2.05) is 18.4 Å². The first-order valence-corrected chi connectivity index (χ1v) is 9.03. The van der Waals surface area contributed by atoms with Crippen LogP contribution in [0, 0.1) is 5.41 Å². The largest absolute Gasteiger partial charge is 0.377 e. The Morgan fingerprint density at radius 3 is 2.45 bits per heavy atom. The minimum atomic E-state index is -0.0132. The number of ether oxygens (including phenoxy) is 1. The molecule has 0 amide bonds. The van der Waals surface area contributed by atoms with Gasteiger partial charge in [-0.2, -0.15) is 0 Å². The van der Waals surface area contributed by atoms with Crippen molar-refractivity contribution in [3.63, 3.8) is 0 Å². The molecule has 0 aromatic carbocycles. The van der Waals surface area contributed by atoms with Gasteiger partial charge in [-0.15, -0.1) is 11.3 Å². The first-order chi connectivity index (χ1) is 9.41. The maximum absolute atomic E-state index is 6.03. The average molecular weight is 360 g/mol. The fraction of sp³-hybridized carbons (Fsp3) is 0.750. The second-order valence-corrected chi connectivity index (χ2v) is 8.62. The fourth-order valence-corrected chi connectivity index (χ4v) is 4.76. The van der Waals surface area contributed by atoms with Crippen molar-refractivity contribution in [3.05, 3.63) is 20.8 Å². The summed E-state index contributed by atoms with van der Waals surface area (Å²) >= 11 is 5.37. The van der Waals surface area contributed by atoms with Gasteiger partial charge in [-0.25, -0.2) is 0 Å². The molecule has 0 spiro atoms. The summed E-state index contributed by atoms with van der Waals surface area (Å²) in [4.78, 5) is 1.41. The molecule has 1 aliphatic rings. The van der Waals surface area contributed by atoms with Gasteiger partial charge in [-0.3, -0.25) is 0 Å². The predicted octanol–water partition coefficient (Wildman–Crippen LogP) is 4.63. The fourth-order valence-electron chi connectivity index (χ4n) is 3.26. The highest BCUT2D eigenvalue weighted by Crippen LogP contribution is 2.44. The lowest BCUT2D eigenvalue weighted by Crippen LogP contribution is -2.54. The Labute approximate surface area is 135 Å². The summed E-state index contributed by atoms with van der Waals surface area (Å²) in [5.41, 5.74) is 0.451. The maximum atomic E-state index is 6.03. The van der Waals surface area contributed by atoms with Crippen LogP contribution in [-0.2, 0) is 11.2 Å². The average Bonchev–Trinajstić information content (AvgIpc) is 2.83. The summed E-state index contributed by atoms with van der Waals surface area (Å²) in [6.07, 6.45) is 5.82. The van der Waals surface area contributed by atoms with Crippen LogP contribution in [0.1, 0.15) is 44.4 Å². The van der Waals surface area contributed by atoms with Crippen molar-refractivity contribution in [2.24, 2.45) is 5.41 Å². The first kappa shape index (κ1) is 16.5. The topological polar surface area (TPSA) is 21.3 Å². The SMILES string of the molecule is CNC(Cc1cc(Br)cs1)C1(OC)CCC(C)(C)CC1. The van der Waals surface area contributed by atoms with E-state index in [-0.39, 0.29) is 5.60 Å². The molecule has 1 saturated carbocycles. The highest BCUT2D eigenvalue weighted by Gasteiger charge is 2.43. The predicted molar refractivity (Wildman–Crippen MR) is 90.6 cm³/mol. The zero-order valence-electron chi connectivity index (χ0n) is 13.0. The molecule has 1 fully saturated rings. The summed E-state index contributed by atoms with van der Waals surface area (Å²) in [5.74, 6) is 0. The van der Waals surface area contributed by atoms with Gasteiger partial charge in [-0.05, 0) is 66.6 Å². The standard InChI is InChI=1S/C16H26BrNOS/c1-15(2)5-7-16(19-4,8-6-15)14(18-3)10-13-9-12(17)11-20-13/h9,11,14,18H,5-8,10H2,1-4H3. The van der Waals surface area contributed by atoms with Crippen LogP contribution in [0.15, 0.2) is 15.9 Å². The molecule has 2 rings (SSSR count). The molecule has 1 heterocycles. The van der Waals surface area contributed by atoms with Gasteiger partial charge in [0, 0.05) is 27.9 Å². The van der Waals surface area contributed by atoms with E-state index in [2.05, 4.69) is 53.6 Å². The minimum absolute atomic E-state index is 0.0132. The van der Waals surface area contributed by atoms with E-state index in [0.29, 0.717) is 11.5 Å². The molecular weight excluding hydrogens is 334 g/mol. The van der Waals surface area contributed by atoms with Crippen molar-refractivity contribution in [3.8, 4) is 0 Å². The molecule has 4 heteroatoms. The summed E-state index contributed by atoms with van der Waals surface area (Å²) in [7, 11) is 3.95. The summed E-state index contributed by atoms with van der Waals surface area (Å²) in [5, 5.41) is 5.67. The van der Waals surface area contributed by atoms with Crippen molar-refractivity contribution < 1.29 is 4.74 Å². The third-order valence-electron chi connectivity index (χ3n) is 4.87. The van der Waals surface area contributed by atoms with Gasteiger partial charge in [0.2, 0.25) is 0 Å². The van der Waals surface area contributed by atoms with Gasteiger partial charge >= 0.3 is 0 Å². The van der Waals surface area contributed by atoms with Crippen LogP contribution >= 0.6 is 27.3 Å². The third kappa shape index (κ3) is 3.65. The van der Waals surface area contributed by atoms with E-state index in [1.165, 1.54) is 22.2 Å². The molecule has 0 bridgehead atoms. The molecular formula is C16H26BrNOS. The zero-order chi connectivity index (χ0) is 14.8. The Bertz CT molecular complexity index is 433. The van der Waals surface area contributed by atoms with Crippen molar-refractivity contribution in [2.75, 3.05) is 14.2 Å². The van der Waals surface area contributed by atoms with Crippen molar-refractivity contribution in [1.82, 2.24) is 5.32 Å². The maximum Gasteiger partial charge on any atom is 0.0834 e. The lowest BCUT2D eigenvalue weighted by Gasteiger charge is -2.47. The van der Waals surface area contributed by atoms with E-state index in [4.69, 9.17) is 4.74 Å². The van der Waals surface area contributed by atoms with E-state index >= 15 is 0 Å². The quantitative estimate of drug-likeness (QED) is 0.827. The van der Waals surface area contributed by atoms with Gasteiger partial charge < -0.3 is 10.1 Å². The Morgan fingerprint density at radius 1 is 1.35 bits per heavy atom. The number of halogens is 1. The third-order valence-corrected chi connectivity index (χ3v) is 6.59. The molecule has 0 radical (unpaired) electrons. The van der Waals surface area contributed by atoms with Crippen LogP contribution in [0.5, 0.6) is 0 Å². The van der Waals surface area contributed by atoms with Crippen LogP contribution in [0.2, 0.25) is 0 Å². The number of likely N-dealkylation sites (N-methyl/N-ethyl adjacent to an activating group) is 1. The van der Waals surface area contributed by atoms with Crippen LogP contribution < -0.4 is 5.32 Å². The molecule has 1 atom stereocenters. The molecule has 1 N–H and O–H groups in total. The first-order valence-electron chi connectivity index (χ1n) is 7.36. The van der Waals surface area contributed by atoms with Crippen molar-refractivity contribution in [2.45, 2.75) is 57.6 Å². The highest BCUT2D eigenvalue weighted by molar-refractivity contribution is 9.10. The number of methoxy groups -OCH3 is 1. The monoisotopic (exact) mass is 359 g/mol. The van der Waals surface area contributed by atoms with Gasteiger partial charge in [0.15, 0.2) is 0 Å². The lowest BCUT2D eigenvalue weighted by molar-refractivity contribution is -0.0846. The van der Waals surface area contributed by atoms with Gasteiger partial charge in [0.25, 0.3) is 0 Å². The Morgan fingerprint density at radius 2 is 2.00 bits per heavy atom. The van der Waals surface area contributed by atoms with E-state index < -0.39 is 0 Å². The number of hydrogen-bond acceptors (Lipinski definition) is 3. The van der Waals surface area contributed by atoms with E-state index in [1.54, 1.807) is 0 Å². The van der Waals surface area contributed by atoms with Gasteiger partial charge in [-0.1, -0.05) is 13.8 Å². The molecule has 0 aliphatic heterocycles. The number of nitrogens with one attached hydrogen (secondary N) is 1. The molecule has 0 saturated heterocycles. The van der Waals surface area contributed by atoms with Crippen LogP contribution in [0.4, 0.5) is 0 Å². The molecule has 2 nitrogen and oxygen atoms in total. The molecule has 20 heavy (non-hydrogen) atoms. The molecule has 114 valence electrons. The van der Waals surface area contributed by atoms with Crippen LogP contribution in [-0.4, -0.2) is 25.8 Å². The normalized spacial score (nSPS) is 22.6. The Kier molecular flexibility index (Phi) is 5.33. The smallest absolute Gasteiger partial charge is 0.0834 e. The van der Waals surface area contributed by atoms with Crippen molar-refractivity contribution >= 4 is 27.3 Å². The molecule has 1 aliphatic carbocycles. The van der Waals surface area contributed by atoms with E-state index in [9.17, 15) is 0 Å². The summed E-state index contributed by atoms with van der Waals surface area (Å²) in [6.45, 7) is 4.74. The number of hydrogen-bond donors (Lipinski definition) is 1. The van der Waals surface area contributed by atoms with Crippen molar-refractivity contribution in [1.29, 1.82) is 0 Å². The Balaban J connectivity index is 2.11. The van der Waals surface area contributed by atoms with Gasteiger partial charge in [0.05, 0.1) is 5.60 Å². The highest BCUT2D eigenvalue weighted by atomic mass is 79.9. The lowest BCUT2D eigenvalue weighted by atomic mass is 9.68. The van der Waals surface area contributed by atoms with Gasteiger partial charge in [0.1, 0.15) is 0 Å². The molecule has 1 aromatic rings. The number of rotatable bonds is 5. The van der Waals surface area contributed by atoms with E-state index in [0.717, 1.165) is 19.3 Å². The molecule has 1 aromatic heterocycles.